The SMILES string of the molecule is O=c1[nH]c(-c2cccc(OC3CCCC3)c2)nc2ccccc12. The third-order valence-corrected chi connectivity index (χ3v) is 4.33. The molecule has 116 valence electrons. The third-order valence-electron chi connectivity index (χ3n) is 4.33. The molecule has 1 fully saturated rings. The highest BCUT2D eigenvalue weighted by atomic mass is 16.5. The predicted molar refractivity (Wildman–Crippen MR) is 90.7 cm³/mol. The fourth-order valence-electron chi connectivity index (χ4n) is 3.14. The van der Waals surface area contributed by atoms with Crippen molar-refractivity contribution in [1.29, 1.82) is 0 Å². The summed E-state index contributed by atoms with van der Waals surface area (Å²) in [6, 6.07) is 15.2. The van der Waals surface area contributed by atoms with E-state index in [1.54, 1.807) is 6.07 Å². The highest BCUT2D eigenvalue weighted by Crippen LogP contribution is 2.27. The molecule has 23 heavy (non-hydrogen) atoms. The summed E-state index contributed by atoms with van der Waals surface area (Å²) in [6.45, 7) is 0. The number of aromatic nitrogens is 2. The van der Waals surface area contributed by atoms with Crippen LogP contribution in [0.15, 0.2) is 53.3 Å². The van der Waals surface area contributed by atoms with Gasteiger partial charge in [-0.15, -0.1) is 0 Å². The van der Waals surface area contributed by atoms with Crippen molar-refractivity contribution in [3.05, 3.63) is 58.9 Å². The number of nitrogens with zero attached hydrogens (tertiary/aromatic N) is 1. The highest BCUT2D eigenvalue weighted by Gasteiger charge is 2.16. The molecule has 0 aliphatic heterocycles. The number of fused-ring (bicyclic) bond motifs is 1. The van der Waals surface area contributed by atoms with Gasteiger partial charge in [0.2, 0.25) is 0 Å². The van der Waals surface area contributed by atoms with Gasteiger partial charge in [-0.2, -0.15) is 0 Å². The Balaban J connectivity index is 1.71. The molecule has 1 aromatic heterocycles. The molecule has 1 heterocycles. The van der Waals surface area contributed by atoms with Gasteiger partial charge in [-0.25, -0.2) is 4.98 Å². The lowest BCUT2D eigenvalue weighted by atomic mass is 10.2. The second-order valence-corrected chi connectivity index (χ2v) is 5.98. The zero-order chi connectivity index (χ0) is 15.6. The quantitative estimate of drug-likeness (QED) is 0.798. The lowest BCUT2D eigenvalue weighted by Crippen LogP contribution is -2.11. The molecule has 0 radical (unpaired) electrons. The smallest absolute Gasteiger partial charge is 0.259 e. The van der Waals surface area contributed by atoms with Gasteiger partial charge in [-0.3, -0.25) is 4.79 Å². The van der Waals surface area contributed by atoms with E-state index in [4.69, 9.17) is 4.74 Å². The predicted octanol–water partition coefficient (Wildman–Crippen LogP) is 3.91. The number of rotatable bonds is 3. The summed E-state index contributed by atoms with van der Waals surface area (Å²) in [5, 5.41) is 0.606. The van der Waals surface area contributed by atoms with E-state index in [2.05, 4.69) is 9.97 Å². The Labute approximate surface area is 134 Å². The van der Waals surface area contributed by atoms with Crippen LogP contribution < -0.4 is 10.3 Å². The highest BCUT2D eigenvalue weighted by molar-refractivity contribution is 5.79. The van der Waals surface area contributed by atoms with Crippen molar-refractivity contribution in [2.24, 2.45) is 0 Å². The Hall–Kier alpha value is -2.62. The van der Waals surface area contributed by atoms with Gasteiger partial charge in [-0.1, -0.05) is 24.3 Å². The second-order valence-electron chi connectivity index (χ2n) is 5.98. The average Bonchev–Trinajstić information content (AvgIpc) is 3.08. The topological polar surface area (TPSA) is 55.0 Å². The van der Waals surface area contributed by atoms with Crippen molar-refractivity contribution in [2.45, 2.75) is 31.8 Å². The number of ether oxygens (including phenoxy) is 1. The maximum Gasteiger partial charge on any atom is 0.259 e. The van der Waals surface area contributed by atoms with Crippen molar-refractivity contribution >= 4 is 10.9 Å². The Morgan fingerprint density at radius 3 is 2.74 bits per heavy atom. The molecule has 3 aromatic rings. The van der Waals surface area contributed by atoms with E-state index in [0.29, 0.717) is 22.8 Å². The summed E-state index contributed by atoms with van der Waals surface area (Å²) in [5.41, 5.74) is 1.45. The van der Waals surface area contributed by atoms with Gasteiger partial charge in [0.25, 0.3) is 5.56 Å². The van der Waals surface area contributed by atoms with Crippen LogP contribution in [-0.2, 0) is 0 Å². The van der Waals surface area contributed by atoms with Crippen LogP contribution in [0.3, 0.4) is 0 Å². The number of hydrogen-bond acceptors (Lipinski definition) is 3. The lowest BCUT2D eigenvalue weighted by molar-refractivity contribution is 0.210. The maximum absolute atomic E-state index is 12.2. The van der Waals surface area contributed by atoms with Crippen molar-refractivity contribution in [1.82, 2.24) is 9.97 Å². The molecule has 4 rings (SSSR count). The van der Waals surface area contributed by atoms with E-state index in [-0.39, 0.29) is 5.56 Å². The van der Waals surface area contributed by atoms with Crippen LogP contribution in [0.5, 0.6) is 5.75 Å². The van der Waals surface area contributed by atoms with Gasteiger partial charge >= 0.3 is 0 Å². The number of para-hydroxylation sites is 1. The molecule has 4 nitrogen and oxygen atoms in total. The van der Waals surface area contributed by atoms with E-state index in [0.717, 1.165) is 24.2 Å². The summed E-state index contributed by atoms with van der Waals surface area (Å²) >= 11 is 0. The fourth-order valence-corrected chi connectivity index (χ4v) is 3.14. The van der Waals surface area contributed by atoms with E-state index < -0.39 is 0 Å². The molecular formula is C19H18N2O2. The van der Waals surface area contributed by atoms with Gasteiger partial charge in [0, 0.05) is 5.56 Å². The molecule has 0 saturated heterocycles. The molecule has 4 heteroatoms. The minimum absolute atomic E-state index is 0.118. The summed E-state index contributed by atoms with van der Waals surface area (Å²) in [7, 11) is 0. The van der Waals surface area contributed by atoms with Crippen LogP contribution in [-0.4, -0.2) is 16.1 Å². The molecule has 0 spiro atoms. The molecule has 2 aromatic carbocycles. The van der Waals surface area contributed by atoms with Gasteiger partial charge in [0.1, 0.15) is 11.6 Å². The Bertz CT molecular complexity index is 895. The van der Waals surface area contributed by atoms with Gasteiger partial charge in [0.05, 0.1) is 17.0 Å². The molecular weight excluding hydrogens is 288 g/mol. The zero-order valence-electron chi connectivity index (χ0n) is 12.8. The summed E-state index contributed by atoms with van der Waals surface area (Å²) in [4.78, 5) is 19.6. The minimum Gasteiger partial charge on any atom is -0.490 e. The number of nitrogens with one attached hydrogen (secondary N) is 1. The largest absolute Gasteiger partial charge is 0.490 e. The lowest BCUT2D eigenvalue weighted by Gasteiger charge is -2.13. The molecule has 1 saturated carbocycles. The normalized spacial score (nSPS) is 15.1. The van der Waals surface area contributed by atoms with Gasteiger partial charge in [-0.05, 0) is 49.9 Å². The van der Waals surface area contributed by atoms with Crippen LogP contribution in [0.25, 0.3) is 22.3 Å². The number of aromatic amines is 1. The average molecular weight is 306 g/mol. The standard InChI is InChI=1S/C19H18N2O2/c22-19-16-10-3-4-11-17(16)20-18(21-19)13-6-5-9-15(12-13)23-14-7-1-2-8-14/h3-6,9-12,14H,1-2,7-8H2,(H,20,21,22). The Morgan fingerprint density at radius 2 is 1.87 bits per heavy atom. The minimum atomic E-state index is -0.118. The fraction of sp³-hybridized carbons (Fsp3) is 0.263. The van der Waals surface area contributed by atoms with E-state index in [9.17, 15) is 4.79 Å². The number of hydrogen-bond donors (Lipinski definition) is 1. The first-order chi connectivity index (χ1) is 11.3. The van der Waals surface area contributed by atoms with Gasteiger partial charge in [0.15, 0.2) is 0 Å². The van der Waals surface area contributed by atoms with Crippen LogP contribution in [0.4, 0.5) is 0 Å². The second kappa shape index (κ2) is 5.88. The third kappa shape index (κ3) is 2.84. The van der Waals surface area contributed by atoms with E-state index >= 15 is 0 Å². The molecule has 0 bridgehead atoms. The summed E-state index contributed by atoms with van der Waals surface area (Å²) in [5.74, 6) is 1.41. The first-order valence-corrected chi connectivity index (χ1v) is 8.06. The maximum atomic E-state index is 12.2. The van der Waals surface area contributed by atoms with Crippen molar-refractivity contribution < 1.29 is 4.74 Å². The molecule has 0 amide bonds. The van der Waals surface area contributed by atoms with Crippen LogP contribution in [0.1, 0.15) is 25.7 Å². The van der Waals surface area contributed by atoms with Crippen LogP contribution in [0.2, 0.25) is 0 Å². The van der Waals surface area contributed by atoms with Crippen molar-refractivity contribution in [2.75, 3.05) is 0 Å². The summed E-state index contributed by atoms with van der Waals surface area (Å²) < 4.78 is 6.04. The monoisotopic (exact) mass is 306 g/mol. The number of benzene rings is 2. The Kier molecular flexibility index (Phi) is 3.58. The van der Waals surface area contributed by atoms with E-state index in [1.165, 1.54) is 12.8 Å². The van der Waals surface area contributed by atoms with Crippen molar-refractivity contribution in [3.8, 4) is 17.1 Å². The van der Waals surface area contributed by atoms with Crippen LogP contribution >= 0.6 is 0 Å². The number of H-pyrrole nitrogens is 1. The molecule has 0 unspecified atom stereocenters. The summed E-state index contributed by atoms with van der Waals surface area (Å²) in [6.07, 6.45) is 5.03. The first kappa shape index (κ1) is 14.0. The zero-order valence-corrected chi connectivity index (χ0v) is 12.8. The molecule has 1 aliphatic carbocycles. The first-order valence-electron chi connectivity index (χ1n) is 8.06. The van der Waals surface area contributed by atoms with E-state index in [1.807, 2.05) is 42.5 Å². The van der Waals surface area contributed by atoms with Crippen LogP contribution in [0, 0.1) is 0 Å². The van der Waals surface area contributed by atoms with Crippen molar-refractivity contribution in [3.63, 3.8) is 0 Å². The molecule has 1 aliphatic rings. The van der Waals surface area contributed by atoms with Gasteiger partial charge < -0.3 is 9.72 Å². The Morgan fingerprint density at radius 1 is 1.04 bits per heavy atom. The molecule has 1 N–H and O–H groups in total. The molecule has 0 atom stereocenters.